The second-order valence-corrected chi connectivity index (χ2v) is 4.06. The summed E-state index contributed by atoms with van der Waals surface area (Å²) >= 11 is 3.93. The molecule has 1 aromatic carbocycles. The van der Waals surface area contributed by atoms with Gasteiger partial charge in [0, 0.05) is 11.3 Å². The van der Waals surface area contributed by atoms with Crippen LogP contribution in [0.3, 0.4) is 0 Å². The highest BCUT2D eigenvalue weighted by Crippen LogP contribution is 2.04. The van der Waals surface area contributed by atoms with Gasteiger partial charge in [-0.05, 0) is 6.92 Å². The molecule has 0 spiro atoms. The molecule has 1 aromatic rings. The van der Waals surface area contributed by atoms with Gasteiger partial charge in [-0.15, -0.1) is 0 Å². The smallest absolute Gasteiger partial charge is 0.321 e. The lowest BCUT2D eigenvalue weighted by atomic mass is 10.1. The van der Waals surface area contributed by atoms with E-state index in [1.165, 1.54) is 0 Å². The molecule has 0 saturated carbocycles. The molecule has 4 nitrogen and oxygen atoms in total. The van der Waals surface area contributed by atoms with Gasteiger partial charge in [-0.3, -0.25) is 14.9 Å². The topological polar surface area (TPSA) is 66.4 Å². The lowest BCUT2D eigenvalue weighted by Gasteiger charge is -2.17. The first-order valence-electron chi connectivity index (χ1n) is 5.25. The van der Waals surface area contributed by atoms with Crippen molar-refractivity contribution in [3.63, 3.8) is 0 Å². The monoisotopic (exact) mass is 253 g/mol. The van der Waals surface area contributed by atoms with Gasteiger partial charge in [0.15, 0.2) is 5.78 Å². The predicted molar refractivity (Wildman–Crippen MR) is 68.6 cm³/mol. The molecule has 0 fully saturated rings. The Morgan fingerprint density at radius 3 is 2.41 bits per heavy atom. The highest BCUT2D eigenvalue weighted by molar-refractivity contribution is 7.80. The predicted octanol–water partition coefficient (Wildman–Crippen LogP) is 1.23. The van der Waals surface area contributed by atoms with E-state index >= 15 is 0 Å². The highest BCUT2D eigenvalue weighted by atomic mass is 32.1. The van der Waals surface area contributed by atoms with Gasteiger partial charge in [0.25, 0.3) is 0 Å². The Bertz CT molecular complexity index is 394. The summed E-state index contributed by atoms with van der Waals surface area (Å²) < 4.78 is 0. The molecule has 0 amide bonds. The molecule has 2 atom stereocenters. The van der Waals surface area contributed by atoms with Crippen molar-refractivity contribution in [2.45, 2.75) is 19.0 Å². The van der Waals surface area contributed by atoms with Crippen molar-refractivity contribution < 1.29 is 14.7 Å². The van der Waals surface area contributed by atoms with Crippen LogP contribution in [0.2, 0.25) is 0 Å². The molecular formula is C12H15NO3S. The SMILES string of the molecule is CC(NC(CS)C(=O)O)C(=O)c1ccccc1. The molecule has 1 rings (SSSR count). The summed E-state index contributed by atoms with van der Waals surface area (Å²) in [6.07, 6.45) is 0. The normalized spacial score (nSPS) is 14.0. The molecule has 0 bridgehead atoms. The summed E-state index contributed by atoms with van der Waals surface area (Å²) in [5.74, 6) is -0.992. The van der Waals surface area contributed by atoms with Gasteiger partial charge in [0.2, 0.25) is 0 Å². The maximum atomic E-state index is 11.9. The zero-order valence-corrected chi connectivity index (χ0v) is 10.4. The highest BCUT2D eigenvalue weighted by Gasteiger charge is 2.22. The average molecular weight is 253 g/mol. The lowest BCUT2D eigenvalue weighted by molar-refractivity contribution is -0.138. The third-order valence-corrected chi connectivity index (χ3v) is 2.75. The van der Waals surface area contributed by atoms with Crippen molar-refractivity contribution in [1.82, 2.24) is 5.32 Å². The Balaban J connectivity index is 2.68. The van der Waals surface area contributed by atoms with Crippen LogP contribution in [-0.2, 0) is 4.79 Å². The number of hydrogen-bond acceptors (Lipinski definition) is 4. The van der Waals surface area contributed by atoms with Gasteiger partial charge in [-0.2, -0.15) is 12.6 Å². The number of Topliss-reactive ketones (excluding diaryl/α,β-unsaturated/α-hetero) is 1. The largest absolute Gasteiger partial charge is 0.480 e. The number of hydrogen-bond donors (Lipinski definition) is 3. The molecule has 0 aliphatic heterocycles. The van der Waals surface area contributed by atoms with Crippen LogP contribution in [0.5, 0.6) is 0 Å². The Morgan fingerprint density at radius 1 is 1.35 bits per heavy atom. The molecule has 2 N–H and O–H groups in total. The molecule has 0 aromatic heterocycles. The fourth-order valence-electron chi connectivity index (χ4n) is 1.43. The first-order chi connectivity index (χ1) is 8.06. The average Bonchev–Trinajstić information content (AvgIpc) is 2.35. The fraction of sp³-hybridized carbons (Fsp3) is 0.333. The first kappa shape index (κ1) is 13.7. The van der Waals surface area contributed by atoms with Crippen LogP contribution in [0.15, 0.2) is 30.3 Å². The second kappa shape index (κ2) is 6.42. The quantitative estimate of drug-likeness (QED) is 0.527. The molecule has 2 unspecified atom stereocenters. The Morgan fingerprint density at radius 2 is 1.94 bits per heavy atom. The zero-order valence-electron chi connectivity index (χ0n) is 9.46. The fourth-order valence-corrected chi connectivity index (χ4v) is 1.69. The molecule has 0 saturated heterocycles. The molecule has 0 heterocycles. The van der Waals surface area contributed by atoms with Crippen LogP contribution < -0.4 is 5.32 Å². The minimum Gasteiger partial charge on any atom is -0.480 e. The Hall–Kier alpha value is -1.33. The number of carboxylic acid groups (broad SMARTS) is 1. The van der Waals surface area contributed by atoms with Crippen molar-refractivity contribution in [1.29, 1.82) is 0 Å². The van der Waals surface area contributed by atoms with Crippen LogP contribution in [0.1, 0.15) is 17.3 Å². The van der Waals surface area contributed by atoms with Crippen LogP contribution in [0, 0.1) is 0 Å². The number of carbonyl (C=O) groups is 2. The van der Waals surface area contributed by atoms with Crippen molar-refractivity contribution in [3.05, 3.63) is 35.9 Å². The number of rotatable bonds is 6. The third-order valence-electron chi connectivity index (χ3n) is 2.38. The number of nitrogens with one attached hydrogen (secondary N) is 1. The van der Waals surface area contributed by atoms with Crippen LogP contribution in [-0.4, -0.2) is 34.7 Å². The maximum Gasteiger partial charge on any atom is 0.321 e. The maximum absolute atomic E-state index is 11.9. The van der Waals surface area contributed by atoms with E-state index in [1.807, 2.05) is 6.07 Å². The van der Waals surface area contributed by atoms with Crippen molar-refractivity contribution in [2.75, 3.05) is 5.75 Å². The van der Waals surface area contributed by atoms with E-state index < -0.39 is 18.1 Å². The van der Waals surface area contributed by atoms with Gasteiger partial charge in [0.05, 0.1) is 6.04 Å². The molecule has 0 aliphatic carbocycles. The van der Waals surface area contributed by atoms with E-state index in [0.29, 0.717) is 5.56 Å². The minimum atomic E-state index is -1.01. The summed E-state index contributed by atoms with van der Waals surface area (Å²) in [4.78, 5) is 22.7. The van der Waals surface area contributed by atoms with Crippen LogP contribution >= 0.6 is 12.6 Å². The molecular weight excluding hydrogens is 238 g/mol. The molecule has 17 heavy (non-hydrogen) atoms. The summed E-state index contributed by atoms with van der Waals surface area (Å²) in [6.45, 7) is 1.65. The molecule has 5 heteroatoms. The molecule has 0 aliphatic rings. The molecule has 0 radical (unpaired) electrons. The standard InChI is InChI=1S/C12H15NO3S/c1-8(13-10(7-17)12(15)16)11(14)9-5-3-2-4-6-9/h2-6,8,10,13,17H,7H2,1H3,(H,15,16). The number of thiol groups is 1. The first-order valence-corrected chi connectivity index (χ1v) is 5.88. The number of carboxylic acids is 1. The summed E-state index contributed by atoms with van der Waals surface area (Å²) in [5.41, 5.74) is 0.566. The van der Waals surface area contributed by atoms with Gasteiger partial charge in [-0.25, -0.2) is 0 Å². The minimum absolute atomic E-state index is 0.126. The number of ketones is 1. The lowest BCUT2D eigenvalue weighted by Crippen LogP contribution is -2.46. The summed E-state index contributed by atoms with van der Waals surface area (Å²) in [5, 5.41) is 11.6. The van der Waals surface area contributed by atoms with Crippen LogP contribution in [0.25, 0.3) is 0 Å². The van der Waals surface area contributed by atoms with E-state index in [4.69, 9.17) is 5.11 Å². The number of carbonyl (C=O) groups excluding carboxylic acids is 1. The second-order valence-electron chi connectivity index (χ2n) is 3.69. The van der Waals surface area contributed by atoms with Crippen molar-refractivity contribution in [2.24, 2.45) is 0 Å². The van der Waals surface area contributed by atoms with E-state index in [0.717, 1.165) is 0 Å². The van der Waals surface area contributed by atoms with E-state index in [9.17, 15) is 9.59 Å². The Labute approximate surface area is 105 Å². The van der Waals surface area contributed by atoms with Crippen LogP contribution in [0.4, 0.5) is 0 Å². The third kappa shape index (κ3) is 3.87. The Kier molecular flexibility index (Phi) is 5.18. The van der Waals surface area contributed by atoms with Gasteiger partial charge in [-0.1, -0.05) is 30.3 Å². The zero-order chi connectivity index (χ0) is 12.8. The number of benzene rings is 1. The summed E-state index contributed by atoms with van der Waals surface area (Å²) in [6, 6.07) is 7.41. The van der Waals surface area contributed by atoms with Gasteiger partial charge < -0.3 is 5.11 Å². The van der Waals surface area contributed by atoms with Gasteiger partial charge >= 0.3 is 5.97 Å². The van der Waals surface area contributed by atoms with E-state index in [2.05, 4.69) is 17.9 Å². The van der Waals surface area contributed by atoms with Gasteiger partial charge in [0.1, 0.15) is 6.04 Å². The summed E-state index contributed by atoms with van der Waals surface area (Å²) in [7, 11) is 0. The molecule has 92 valence electrons. The van der Waals surface area contributed by atoms with Crippen molar-refractivity contribution >= 4 is 24.4 Å². The van der Waals surface area contributed by atoms with E-state index in [-0.39, 0.29) is 11.5 Å². The number of aliphatic carboxylic acids is 1. The van der Waals surface area contributed by atoms with E-state index in [1.54, 1.807) is 31.2 Å². The van der Waals surface area contributed by atoms with Crippen molar-refractivity contribution in [3.8, 4) is 0 Å².